The standard InChI is InChI=1S/C24H46O7/c1-4-10-20(13-7-16-25)29-19-23(30-21(11-5-2)14-8-17-26)24(28)31-22(12-6-3)15-9-18-27/h19-22,25-27H,4-18H2,1-3H3. The molecular weight excluding hydrogens is 400 g/mol. The van der Waals surface area contributed by atoms with E-state index in [2.05, 4.69) is 6.92 Å². The lowest BCUT2D eigenvalue weighted by molar-refractivity contribution is -0.151. The molecule has 3 unspecified atom stereocenters. The first-order valence-electron chi connectivity index (χ1n) is 12.1. The summed E-state index contributed by atoms with van der Waals surface area (Å²) in [6.45, 7) is 6.37. The van der Waals surface area contributed by atoms with E-state index in [9.17, 15) is 9.90 Å². The summed E-state index contributed by atoms with van der Waals surface area (Å²) < 4.78 is 17.6. The van der Waals surface area contributed by atoms with Gasteiger partial charge in [-0.3, -0.25) is 0 Å². The molecule has 3 N–H and O–H groups in total. The van der Waals surface area contributed by atoms with Crippen LogP contribution in [0.1, 0.15) is 97.8 Å². The number of carbonyl (C=O) groups is 1. The van der Waals surface area contributed by atoms with Gasteiger partial charge in [0.15, 0.2) is 0 Å². The van der Waals surface area contributed by atoms with Crippen molar-refractivity contribution in [3.8, 4) is 0 Å². The van der Waals surface area contributed by atoms with Crippen LogP contribution in [-0.2, 0) is 19.0 Å². The summed E-state index contributed by atoms with van der Waals surface area (Å²) in [6, 6.07) is 0. The van der Waals surface area contributed by atoms with E-state index in [0.717, 1.165) is 38.5 Å². The fourth-order valence-corrected chi connectivity index (χ4v) is 3.40. The Balaban J connectivity index is 5.41. The minimum atomic E-state index is -0.557. The molecule has 0 bridgehead atoms. The first kappa shape index (κ1) is 29.7. The van der Waals surface area contributed by atoms with Crippen LogP contribution in [0.2, 0.25) is 0 Å². The van der Waals surface area contributed by atoms with Gasteiger partial charge in [0.05, 0.1) is 12.2 Å². The van der Waals surface area contributed by atoms with Gasteiger partial charge >= 0.3 is 5.97 Å². The Morgan fingerprint density at radius 1 is 0.677 bits per heavy atom. The van der Waals surface area contributed by atoms with Gasteiger partial charge in [0.2, 0.25) is 5.76 Å². The Morgan fingerprint density at radius 2 is 1.10 bits per heavy atom. The SMILES string of the molecule is CCCC(CCCO)OC=C(OC(CCC)CCCO)C(=O)OC(CCC)CCCO. The Hall–Kier alpha value is -1.31. The van der Waals surface area contributed by atoms with Crippen LogP contribution in [0.15, 0.2) is 12.0 Å². The third-order valence-corrected chi connectivity index (χ3v) is 5.02. The minimum Gasteiger partial charge on any atom is -0.494 e. The monoisotopic (exact) mass is 446 g/mol. The van der Waals surface area contributed by atoms with E-state index in [1.165, 1.54) is 6.26 Å². The number of ether oxygens (including phenoxy) is 3. The Morgan fingerprint density at radius 3 is 1.55 bits per heavy atom. The lowest BCUT2D eigenvalue weighted by Crippen LogP contribution is -2.24. The first-order chi connectivity index (χ1) is 15.1. The highest BCUT2D eigenvalue weighted by Crippen LogP contribution is 2.19. The predicted molar refractivity (Wildman–Crippen MR) is 121 cm³/mol. The van der Waals surface area contributed by atoms with Crippen LogP contribution in [0.25, 0.3) is 0 Å². The van der Waals surface area contributed by atoms with Crippen LogP contribution >= 0.6 is 0 Å². The van der Waals surface area contributed by atoms with Crippen molar-refractivity contribution in [2.75, 3.05) is 19.8 Å². The number of esters is 1. The molecule has 0 fully saturated rings. The zero-order chi connectivity index (χ0) is 23.3. The van der Waals surface area contributed by atoms with Gasteiger partial charge in [0, 0.05) is 19.8 Å². The van der Waals surface area contributed by atoms with Crippen LogP contribution in [0.4, 0.5) is 0 Å². The summed E-state index contributed by atoms with van der Waals surface area (Å²) in [7, 11) is 0. The van der Waals surface area contributed by atoms with Crippen LogP contribution in [0, 0.1) is 0 Å². The molecule has 0 rings (SSSR count). The Bertz CT molecular complexity index is 453. The summed E-state index contributed by atoms with van der Waals surface area (Å²) in [6.07, 6.45) is 9.51. The number of hydrogen-bond donors (Lipinski definition) is 3. The van der Waals surface area contributed by atoms with E-state index in [1.807, 2.05) is 13.8 Å². The second-order valence-electron chi connectivity index (χ2n) is 7.97. The number of carbonyl (C=O) groups excluding carboxylic acids is 1. The number of aliphatic hydroxyl groups is 3. The number of hydrogen-bond acceptors (Lipinski definition) is 7. The molecule has 0 aromatic heterocycles. The summed E-state index contributed by atoms with van der Waals surface area (Å²) in [4.78, 5) is 12.9. The molecule has 0 heterocycles. The average Bonchev–Trinajstić information content (AvgIpc) is 2.76. The van der Waals surface area contributed by atoms with Crippen molar-refractivity contribution >= 4 is 5.97 Å². The second-order valence-corrected chi connectivity index (χ2v) is 7.97. The van der Waals surface area contributed by atoms with E-state index < -0.39 is 5.97 Å². The largest absolute Gasteiger partial charge is 0.494 e. The van der Waals surface area contributed by atoms with E-state index >= 15 is 0 Å². The molecule has 7 nitrogen and oxygen atoms in total. The molecule has 0 radical (unpaired) electrons. The van der Waals surface area contributed by atoms with Crippen molar-refractivity contribution in [1.29, 1.82) is 0 Å². The molecule has 0 aromatic rings. The molecule has 7 heteroatoms. The highest BCUT2D eigenvalue weighted by molar-refractivity contribution is 5.86. The van der Waals surface area contributed by atoms with E-state index in [-0.39, 0.29) is 43.9 Å². The van der Waals surface area contributed by atoms with Crippen LogP contribution < -0.4 is 0 Å². The highest BCUT2D eigenvalue weighted by Gasteiger charge is 2.23. The highest BCUT2D eigenvalue weighted by atomic mass is 16.6. The third kappa shape index (κ3) is 15.2. The fraction of sp³-hybridized carbons (Fsp3) is 0.875. The second kappa shape index (κ2) is 20.6. The van der Waals surface area contributed by atoms with Gasteiger partial charge in [0.25, 0.3) is 0 Å². The van der Waals surface area contributed by atoms with Gasteiger partial charge < -0.3 is 29.5 Å². The topological polar surface area (TPSA) is 105 Å². The maximum Gasteiger partial charge on any atom is 0.377 e. The first-order valence-corrected chi connectivity index (χ1v) is 12.1. The van der Waals surface area contributed by atoms with Crippen molar-refractivity contribution in [2.24, 2.45) is 0 Å². The summed E-state index contributed by atoms with van der Waals surface area (Å²) in [5.74, 6) is -0.509. The van der Waals surface area contributed by atoms with Gasteiger partial charge in [-0.2, -0.15) is 0 Å². The van der Waals surface area contributed by atoms with Crippen molar-refractivity contribution in [3.05, 3.63) is 12.0 Å². The minimum absolute atomic E-state index is 0.0478. The summed E-state index contributed by atoms with van der Waals surface area (Å²) in [5, 5.41) is 27.4. The lowest BCUT2D eigenvalue weighted by Gasteiger charge is -2.23. The normalized spacial score (nSPS) is 14.7. The Labute approximate surface area is 188 Å². The molecule has 31 heavy (non-hydrogen) atoms. The van der Waals surface area contributed by atoms with Gasteiger partial charge in [-0.15, -0.1) is 0 Å². The molecule has 0 aliphatic rings. The molecule has 184 valence electrons. The van der Waals surface area contributed by atoms with Crippen LogP contribution in [-0.4, -0.2) is 59.4 Å². The quantitative estimate of drug-likeness (QED) is 0.138. The predicted octanol–water partition coefficient (Wildman–Crippen LogP) is 4.23. The lowest BCUT2D eigenvalue weighted by atomic mass is 10.1. The third-order valence-electron chi connectivity index (χ3n) is 5.02. The summed E-state index contributed by atoms with van der Waals surface area (Å²) >= 11 is 0. The van der Waals surface area contributed by atoms with Gasteiger partial charge in [-0.05, 0) is 57.8 Å². The molecule has 0 aromatic carbocycles. The molecule has 3 atom stereocenters. The van der Waals surface area contributed by atoms with E-state index in [0.29, 0.717) is 38.5 Å². The van der Waals surface area contributed by atoms with Crippen molar-refractivity contribution in [1.82, 2.24) is 0 Å². The molecule has 0 saturated heterocycles. The zero-order valence-corrected chi connectivity index (χ0v) is 19.9. The molecule has 0 aliphatic carbocycles. The number of rotatable bonds is 21. The maximum absolute atomic E-state index is 12.9. The van der Waals surface area contributed by atoms with Crippen LogP contribution in [0.5, 0.6) is 0 Å². The number of aliphatic hydroxyl groups excluding tert-OH is 3. The van der Waals surface area contributed by atoms with E-state index in [4.69, 9.17) is 24.4 Å². The molecule has 0 spiro atoms. The smallest absolute Gasteiger partial charge is 0.377 e. The molecule has 0 aliphatic heterocycles. The summed E-state index contributed by atoms with van der Waals surface area (Å²) in [5.41, 5.74) is 0. The van der Waals surface area contributed by atoms with Gasteiger partial charge in [-0.1, -0.05) is 40.0 Å². The average molecular weight is 447 g/mol. The van der Waals surface area contributed by atoms with Gasteiger partial charge in [0.1, 0.15) is 12.4 Å². The fourth-order valence-electron chi connectivity index (χ4n) is 3.40. The molecule has 0 saturated carbocycles. The Kier molecular flexibility index (Phi) is 19.7. The van der Waals surface area contributed by atoms with Crippen molar-refractivity contribution in [2.45, 2.75) is 116 Å². The van der Waals surface area contributed by atoms with Crippen molar-refractivity contribution < 1.29 is 34.3 Å². The maximum atomic E-state index is 12.9. The van der Waals surface area contributed by atoms with Gasteiger partial charge in [-0.25, -0.2) is 4.79 Å². The van der Waals surface area contributed by atoms with Crippen LogP contribution in [0.3, 0.4) is 0 Å². The molecular formula is C24H46O7. The van der Waals surface area contributed by atoms with Crippen molar-refractivity contribution in [3.63, 3.8) is 0 Å². The zero-order valence-electron chi connectivity index (χ0n) is 19.9. The van der Waals surface area contributed by atoms with E-state index in [1.54, 1.807) is 0 Å². The molecule has 0 amide bonds.